The first-order valence-electron chi connectivity index (χ1n) is 21.5. The van der Waals surface area contributed by atoms with E-state index in [2.05, 4.69) is 208 Å². The number of nitrogens with zero attached hydrogens (tertiary/aromatic N) is 6. The molecule has 0 fully saturated rings. The minimum atomic E-state index is -0.106. The summed E-state index contributed by atoms with van der Waals surface area (Å²) in [6.45, 7) is 0. The highest BCUT2D eigenvalue weighted by atomic mass is 15.3. The molecule has 13 rings (SSSR count). The van der Waals surface area contributed by atoms with Crippen molar-refractivity contribution < 1.29 is 0 Å². The fourth-order valence-electron chi connectivity index (χ4n) is 10.2. The number of anilines is 2. The SMILES string of the molecule is C1=CC2c3ccccc3N(c3cccc(-n4c5ccccc5c5ccccc54)c3)C2c2c1c1ccccc1n2-c1nc(-c2ccccc2)nc(-c2cccc(-c3ccccc3)c2)n1. The lowest BCUT2D eigenvalue weighted by molar-refractivity contribution is 0.630. The van der Waals surface area contributed by atoms with Crippen LogP contribution in [-0.4, -0.2) is 24.1 Å². The summed E-state index contributed by atoms with van der Waals surface area (Å²) in [6, 6.07) is 73.2. The van der Waals surface area contributed by atoms with Crippen LogP contribution in [0.5, 0.6) is 0 Å². The molecule has 0 spiro atoms. The van der Waals surface area contributed by atoms with Gasteiger partial charge in [0.15, 0.2) is 11.6 Å². The first-order chi connectivity index (χ1) is 31.3. The van der Waals surface area contributed by atoms with E-state index >= 15 is 0 Å². The zero-order chi connectivity index (χ0) is 41.4. The Hall–Kier alpha value is -8.35. The summed E-state index contributed by atoms with van der Waals surface area (Å²) in [5, 5.41) is 3.65. The Kier molecular flexibility index (Phi) is 7.93. The van der Waals surface area contributed by atoms with Crippen LogP contribution in [0.25, 0.3) is 84.3 Å². The maximum Gasteiger partial charge on any atom is 0.238 e. The van der Waals surface area contributed by atoms with Crippen molar-refractivity contribution in [1.82, 2.24) is 24.1 Å². The predicted octanol–water partition coefficient (Wildman–Crippen LogP) is 13.9. The maximum atomic E-state index is 5.43. The lowest BCUT2D eigenvalue weighted by atomic mass is 9.86. The first-order valence-corrected chi connectivity index (χ1v) is 21.5. The Morgan fingerprint density at radius 3 is 1.70 bits per heavy atom. The number of benzene rings is 8. The van der Waals surface area contributed by atoms with E-state index in [-0.39, 0.29) is 12.0 Å². The fraction of sp³-hybridized carbons (Fsp3) is 0.0351. The summed E-state index contributed by atoms with van der Waals surface area (Å²) >= 11 is 0. The Labute approximate surface area is 364 Å². The van der Waals surface area contributed by atoms with Gasteiger partial charge in [0, 0.05) is 55.8 Å². The van der Waals surface area contributed by atoms with Crippen molar-refractivity contribution in [1.29, 1.82) is 0 Å². The van der Waals surface area contributed by atoms with Crippen molar-refractivity contribution >= 4 is 50.2 Å². The van der Waals surface area contributed by atoms with Crippen molar-refractivity contribution in [3.05, 3.63) is 229 Å². The minimum absolute atomic E-state index is 0.0751. The normalized spacial score (nSPS) is 15.2. The third-order valence-corrected chi connectivity index (χ3v) is 12.9. The van der Waals surface area contributed by atoms with Crippen LogP contribution in [0.2, 0.25) is 0 Å². The van der Waals surface area contributed by atoms with Crippen LogP contribution in [0, 0.1) is 0 Å². The Morgan fingerprint density at radius 1 is 0.397 bits per heavy atom. The lowest BCUT2D eigenvalue weighted by Crippen LogP contribution is -2.26. The molecular weight excluding hydrogens is 769 g/mol. The molecule has 11 aromatic rings. The summed E-state index contributed by atoms with van der Waals surface area (Å²) in [5.74, 6) is 1.91. The summed E-state index contributed by atoms with van der Waals surface area (Å²) in [5.41, 5.74) is 14.6. The summed E-state index contributed by atoms with van der Waals surface area (Å²) in [4.78, 5) is 18.5. The van der Waals surface area contributed by atoms with Gasteiger partial charge < -0.3 is 9.47 Å². The third kappa shape index (κ3) is 5.55. The molecule has 8 aromatic carbocycles. The van der Waals surface area contributed by atoms with Gasteiger partial charge in [0.1, 0.15) is 0 Å². The standard InChI is InChI=1S/C57H38N6/c1-3-17-37(18-4-1)39-21-15-22-40(35-39)56-58-55(38-19-5-2-6-20-38)59-57(60-56)63-52-32-14-10-28-46(52)48-34-33-47-45-27-9-13-31-51(45)62(53(47)54(48)63)42-24-16-23-41(36-42)61-49-29-11-7-25-43(49)44-26-8-12-30-50(44)61/h1-36,47,53H. The highest BCUT2D eigenvalue weighted by Gasteiger charge is 2.44. The first kappa shape index (κ1) is 35.4. The van der Waals surface area contributed by atoms with E-state index < -0.39 is 0 Å². The summed E-state index contributed by atoms with van der Waals surface area (Å²) in [6.07, 6.45) is 4.73. The molecule has 3 aromatic heterocycles. The topological polar surface area (TPSA) is 51.8 Å². The second-order valence-corrected chi connectivity index (χ2v) is 16.4. The zero-order valence-corrected chi connectivity index (χ0v) is 34.1. The molecule has 63 heavy (non-hydrogen) atoms. The number of hydrogen-bond donors (Lipinski definition) is 0. The van der Waals surface area contributed by atoms with Crippen LogP contribution in [0.3, 0.4) is 0 Å². The molecule has 0 bridgehead atoms. The van der Waals surface area contributed by atoms with E-state index in [4.69, 9.17) is 15.0 Å². The molecule has 0 N–H and O–H groups in total. The van der Waals surface area contributed by atoms with Crippen molar-refractivity contribution in [2.24, 2.45) is 0 Å². The summed E-state index contributed by atoms with van der Waals surface area (Å²) in [7, 11) is 0. The van der Waals surface area contributed by atoms with Gasteiger partial charge in [0.05, 0.1) is 28.3 Å². The zero-order valence-electron chi connectivity index (χ0n) is 34.1. The highest BCUT2D eigenvalue weighted by molar-refractivity contribution is 6.09. The van der Waals surface area contributed by atoms with Crippen LogP contribution >= 0.6 is 0 Å². The molecule has 2 atom stereocenters. The summed E-state index contributed by atoms with van der Waals surface area (Å²) < 4.78 is 4.72. The smallest absolute Gasteiger partial charge is 0.238 e. The quantitative estimate of drug-likeness (QED) is 0.168. The van der Waals surface area contributed by atoms with E-state index in [1.54, 1.807) is 0 Å². The monoisotopic (exact) mass is 806 g/mol. The van der Waals surface area contributed by atoms with E-state index in [1.165, 1.54) is 38.6 Å². The fourth-order valence-corrected chi connectivity index (χ4v) is 10.2. The molecule has 0 amide bonds. The van der Waals surface area contributed by atoms with Crippen LogP contribution in [0.4, 0.5) is 11.4 Å². The molecule has 6 heteroatoms. The van der Waals surface area contributed by atoms with Gasteiger partial charge in [-0.05, 0) is 65.2 Å². The predicted molar refractivity (Wildman–Crippen MR) is 257 cm³/mol. The van der Waals surface area contributed by atoms with Crippen LogP contribution in [0.1, 0.15) is 28.8 Å². The second kappa shape index (κ2) is 14.1. The van der Waals surface area contributed by atoms with Gasteiger partial charge in [-0.2, -0.15) is 9.97 Å². The van der Waals surface area contributed by atoms with E-state index in [0.29, 0.717) is 17.6 Å². The number of aromatic nitrogens is 5. The third-order valence-electron chi connectivity index (χ3n) is 12.9. The van der Waals surface area contributed by atoms with Gasteiger partial charge in [-0.15, -0.1) is 0 Å². The Morgan fingerprint density at radius 2 is 0.952 bits per heavy atom. The number of hydrogen-bond acceptors (Lipinski definition) is 4. The Bertz CT molecular complexity index is 3550. The van der Waals surface area contributed by atoms with Gasteiger partial charge in [0.2, 0.25) is 5.95 Å². The van der Waals surface area contributed by atoms with Crippen LogP contribution in [-0.2, 0) is 0 Å². The van der Waals surface area contributed by atoms with Gasteiger partial charge in [-0.1, -0.05) is 170 Å². The average Bonchev–Trinajstić information content (AvgIpc) is 4.01. The van der Waals surface area contributed by atoms with Crippen molar-refractivity contribution in [3.8, 4) is 45.5 Å². The number of rotatable bonds is 6. The molecule has 296 valence electrons. The minimum Gasteiger partial charge on any atom is -0.331 e. The van der Waals surface area contributed by atoms with Crippen molar-refractivity contribution in [3.63, 3.8) is 0 Å². The average molecular weight is 807 g/mol. The maximum absolute atomic E-state index is 5.43. The molecular formula is C57H38N6. The van der Waals surface area contributed by atoms with Crippen LogP contribution in [0.15, 0.2) is 212 Å². The Balaban J connectivity index is 1.04. The largest absolute Gasteiger partial charge is 0.331 e. The number of fused-ring (bicyclic) bond motifs is 10. The molecule has 0 saturated carbocycles. The van der Waals surface area contributed by atoms with Gasteiger partial charge in [-0.3, -0.25) is 4.57 Å². The van der Waals surface area contributed by atoms with E-state index in [9.17, 15) is 0 Å². The lowest BCUT2D eigenvalue weighted by Gasteiger charge is -2.33. The molecule has 0 radical (unpaired) electrons. The molecule has 0 saturated heterocycles. The molecule has 1 aliphatic carbocycles. The molecule has 2 unspecified atom stereocenters. The van der Waals surface area contributed by atoms with E-state index in [0.717, 1.165) is 50.2 Å². The number of para-hydroxylation sites is 4. The second-order valence-electron chi connectivity index (χ2n) is 16.4. The van der Waals surface area contributed by atoms with Gasteiger partial charge >= 0.3 is 0 Å². The van der Waals surface area contributed by atoms with E-state index in [1.807, 2.05) is 24.3 Å². The van der Waals surface area contributed by atoms with Gasteiger partial charge in [0.25, 0.3) is 0 Å². The van der Waals surface area contributed by atoms with Gasteiger partial charge in [-0.25, -0.2) is 4.98 Å². The van der Waals surface area contributed by atoms with Crippen molar-refractivity contribution in [2.75, 3.05) is 4.90 Å². The highest BCUT2D eigenvalue weighted by Crippen LogP contribution is 2.57. The molecule has 4 heterocycles. The van der Waals surface area contributed by atoms with Crippen molar-refractivity contribution in [2.45, 2.75) is 12.0 Å². The van der Waals surface area contributed by atoms with Crippen LogP contribution < -0.4 is 4.90 Å². The molecule has 6 nitrogen and oxygen atoms in total. The molecule has 1 aliphatic heterocycles. The molecule has 2 aliphatic rings.